The van der Waals surface area contributed by atoms with Crippen LogP contribution in [0.3, 0.4) is 0 Å². The maximum atomic E-state index is 12.6. The molecule has 0 unspecified atom stereocenters. The first-order valence-corrected chi connectivity index (χ1v) is 9.13. The van der Waals surface area contributed by atoms with Crippen LogP contribution in [0.15, 0.2) is 42.7 Å². The van der Waals surface area contributed by atoms with E-state index in [9.17, 15) is 29.6 Å². The maximum Gasteiger partial charge on any atom is 0.316 e. The van der Waals surface area contributed by atoms with Crippen LogP contribution >= 0.6 is 0 Å². The third-order valence-corrected chi connectivity index (χ3v) is 4.87. The Kier molecular flexibility index (Phi) is 5.96. The van der Waals surface area contributed by atoms with Crippen LogP contribution in [0.1, 0.15) is 35.2 Å². The van der Waals surface area contributed by atoms with Gasteiger partial charge in [-0.2, -0.15) is 0 Å². The predicted molar refractivity (Wildman–Crippen MR) is 103 cm³/mol. The number of ketones is 1. The van der Waals surface area contributed by atoms with E-state index in [-0.39, 0.29) is 30.9 Å². The number of nitrogens with zero attached hydrogens (tertiary/aromatic N) is 3. The minimum Gasteiger partial charge on any atom is -0.481 e. The summed E-state index contributed by atoms with van der Waals surface area (Å²) in [5.74, 6) is -3.13. The Labute approximate surface area is 166 Å². The minimum atomic E-state index is -1.28. The lowest BCUT2D eigenvalue weighted by Crippen LogP contribution is -2.45. The van der Waals surface area contributed by atoms with Crippen LogP contribution < -0.4 is 4.90 Å². The summed E-state index contributed by atoms with van der Waals surface area (Å²) in [6.45, 7) is 0.230. The number of carbonyl (C=O) groups is 3. The first-order valence-electron chi connectivity index (χ1n) is 9.13. The van der Waals surface area contributed by atoms with Gasteiger partial charge in [0.15, 0.2) is 5.78 Å². The van der Waals surface area contributed by atoms with E-state index in [4.69, 9.17) is 0 Å². The van der Waals surface area contributed by atoms with Crippen molar-refractivity contribution in [3.05, 3.63) is 64.0 Å². The molecule has 9 nitrogen and oxygen atoms in total. The van der Waals surface area contributed by atoms with Gasteiger partial charge >= 0.3 is 5.97 Å². The molecule has 2 heterocycles. The number of nitro benzene ring substituents is 1. The topological polar surface area (TPSA) is 131 Å². The van der Waals surface area contributed by atoms with Gasteiger partial charge in [0.1, 0.15) is 5.92 Å². The number of anilines is 1. The Balaban J connectivity index is 1.70. The Bertz CT molecular complexity index is 960. The molecule has 1 aliphatic heterocycles. The van der Waals surface area contributed by atoms with Crippen molar-refractivity contribution in [3.8, 4) is 0 Å². The molecule has 1 N–H and O–H groups in total. The van der Waals surface area contributed by atoms with Gasteiger partial charge in [0.2, 0.25) is 5.91 Å². The fourth-order valence-corrected chi connectivity index (χ4v) is 3.38. The highest BCUT2D eigenvalue weighted by atomic mass is 16.6. The first-order chi connectivity index (χ1) is 13.9. The zero-order valence-corrected chi connectivity index (χ0v) is 15.5. The van der Waals surface area contributed by atoms with Crippen LogP contribution in [0.2, 0.25) is 0 Å². The molecule has 1 atom stereocenters. The number of rotatable bonds is 8. The molecule has 1 aromatic heterocycles. The molecule has 0 saturated carbocycles. The third kappa shape index (κ3) is 4.45. The lowest BCUT2D eigenvalue weighted by atomic mass is 9.91. The Morgan fingerprint density at radius 3 is 2.72 bits per heavy atom. The average Bonchev–Trinajstić information content (AvgIpc) is 2.71. The van der Waals surface area contributed by atoms with E-state index < -0.39 is 22.7 Å². The molecule has 0 saturated heterocycles. The van der Waals surface area contributed by atoms with Crippen LogP contribution in [0, 0.1) is 16.0 Å². The molecular weight excluding hydrogens is 378 g/mol. The Hall–Kier alpha value is -3.62. The summed E-state index contributed by atoms with van der Waals surface area (Å²) in [5, 5.41) is 20.4. The molecule has 0 aliphatic carbocycles. The van der Waals surface area contributed by atoms with Crippen molar-refractivity contribution >= 4 is 29.0 Å². The van der Waals surface area contributed by atoms with Crippen LogP contribution in [0.5, 0.6) is 0 Å². The number of aromatic nitrogens is 1. The summed E-state index contributed by atoms with van der Waals surface area (Å²) < 4.78 is 0. The number of fused-ring (bicyclic) bond motifs is 1. The summed E-state index contributed by atoms with van der Waals surface area (Å²) in [5.41, 5.74) is 1.31. The lowest BCUT2D eigenvalue weighted by molar-refractivity contribution is -0.384. The number of carbonyl (C=O) groups excluding carboxylic acids is 2. The standard InChI is InChI=1S/C20H19N3O6/c24-18(13-4-3-8-21-12-13)5-1-2-9-22-17-7-6-15(23(28)29)10-14(17)11-16(19(22)25)20(26)27/h3-4,6-8,10,12,16H,1-2,5,9,11H2,(H,26,27)/t16-/m0/s1. The highest BCUT2D eigenvalue weighted by Gasteiger charge is 2.37. The zero-order valence-electron chi connectivity index (χ0n) is 15.5. The van der Waals surface area contributed by atoms with Gasteiger partial charge in [-0.1, -0.05) is 0 Å². The highest BCUT2D eigenvalue weighted by Crippen LogP contribution is 2.33. The molecular formula is C20H19N3O6. The summed E-state index contributed by atoms with van der Waals surface area (Å²) in [7, 11) is 0. The van der Waals surface area contributed by atoms with E-state index in [1.807, 2.05) is 0 Å². The van der Waals surface area contributed by atoms with Gasteiger partial charge in [0, 0.05) is 48.7 Å². The molecule has 1 aromatic carbocycles. The number of unbranched alkanes of at least 4 members (excludes halogenated alkanes) is 1. The van der Waals surface area contributed by atoms with Crippen molar-refractivity contribution in [2.75, 3.05) is 11.4 Å². The molecule has 29 heavy (non-hydrogen) atoms. The van der Waals surface area contributed by atoms with Crippen LogP contribution in [0.4, 0.5) is 11.4 Å². The first kappa shape index (κ1) is 20.1. The molecule has 9 heteroatoms. The molecule has 2 aromatic rings. The van der Waals surface area contributed by atoms with Gasteiger partial charge < -0.3 is 10.0 Å². The largest absolute Gasteiger partial charge is 0.481 e. The van der Waals surface area contributed by atoms with E-state index in [0.717, 1.165) is 0 Å². The van der Waals surface area contributed by atoms with Crippen molar-refractivity contribution in [2.24, 2.45) is 5.92 Å². The van der Waals surface area contributed by atoms with Crippen LogP contribution in [-0.2, 0) is 16.0 Å². The van der Waals surface area contributed by atoms with Gasteiger partial charge in [0.05, 0.1) is 4.92 Å². The summed E-state index contributed by atoms with van der Waals surface area (Å²) in [6, 6.07) is 7.46. The number of pyridine rings is 1. The highest BCUT2D eigenvalue weighted by molar-refractivity contribution is 6.08. The number of nitro groups is 1. The number of carboxylic acid groups (broad SMARTS) is 1. The van der Waals surface area contributed by atoms with Gasteiger partial charge in [-0.25, -0.2) is 0 Å². The molecule has 3 rings (SSSR count). The van der Waals surface area contributed by atoms with Crippen LogP contribution in [-0.4, -0.2) is 39.2 Å². The minimum absolute atomic E-state index is 0.0532. The second kappa shape index (κ2) is 8.59. The third-order valence-electron chi connectivity index (χ3n) is 4.87. The average molecular weight is 397 g/mol. The van der Waals surface area contributed by atoms with Crippen molar-refractivity contribution in [1.82, 2.24) is 4.98 Å². The number of benzene rings is 1. The smallest absolute Gasteiger partial charge is 0.316 e. The lowest BCUT2D eigenvalue weighted by Gasteiger charge is -2.32. The normalized spacial score (nSPS) is 15.7. The zero-order chi connectivity index (χ0) is 21.0. The fraction of sp³-hybridized carbons (Fsp3) is 0.300. The number of aliphatic carboxylic acids is 1. The molecule has 1 amide bonds. The van der Waals surface area contributed by atoms with Crippen molar-refractivity contribution in [3.63, 3.8) is 0 Å². The number of hydrogen-bond donors (Lipinski definition) is 1. The quantitative estimate of drug-likeness (QED) is 0.238. The van der Waals surface area contributed by atoms with Gasteiger partial charge in [-0.3, -0.25) is 29.5 Å². The number of non-ortho nitro benzene ring substituents is 1. The second-order valence-corrected chi connectivity index (χ2v) is 6.78. The summed E-state index contributed by atoms with van der Waals surface area (Å²) in [6.07, 6.45) is 4.28. The van der Waals surface area contributed by atoms with Gasteiger partial charge in [0.25, 0.3) is 5.69 Å². The predicted octanol–water partition coefficient (Wildman–Crippen LogP) is 2.63. The summed E-state index contributed by atoms with van der Waals surface area (Å²) >= 11 is 0. The maximum absolute atomic E-state index is 12.6. The van der Waals surface area contributed by atoms with Gasteiger partial charge in [-0.15, -0.1) is 0 Å². The molecule has 1 aliphatic rings. The van der Waals surface area contributed by atoms with E-state index >= 15 is 0 Å². The monoisotopic (exact) mass is 397 g/mol. The number of Topliss-reactive ketones (excluding diaryl/α,β-unsaturated/α-hetero) is 1. The number of hydrogen-bond acceptors (Lipinski definition) is 6. The van der Waals surface area contributed by atoms with Crippen molar-refractivity contribution < 1.29 is 24.4 Å². The number of carboxylic acids is 1. The van der Waals surface area contributed by atoms with E-state index in [1.54, 1.807) is 18.3 Å². The van der Waals surface area contributed by atoms with Crippen molar-refractivity contribution in [1.29, 1.82) is 0 Å². The van der Waals surface area contributed by atoms with Crippen LogP contribution in [0.25, 0.3) is 0 Å². The molecule has 0 bridgehead atoms. The van der Waals surface area contributed by atoms with Gasteiger partial charge in [-0.05, 0) is 43.0 Å². The van der Waals surface area contributed by atoms with E-state index in [1.165, 1.54) is 29.3 Å². The molecule has 0 fully saturated rings. The summed E-state index contributed by atoms with van der Waals surface area (Å²) in [4.78, 5) is 52.0. The molecule has 150 valence electrons. The van der Waals surface area contributed by atoms with Crippen molar-refractivity contribution in [2.45, 2.75) is 25.7 Å². The van der Waals surface area contributed by atoms with E-state index in [2.05, 4.69) is 4.98 Å². The molecule has 0 radical (unpaired) electrons. The molecule has 0 spiro atoms. The number of amides is 1. The van der Waals surface area contributed by atoms with E-state index in [0.29, 0.717) is 29.7 Å². The SMILES string of the molecule is O=C(CCCCN1C(=O)[C@@H](C(=O)O)Cc2cc([N+](=O)[O-])ccc21)c1cccnc1. The fourth-order valence-electron chi connectivity index (χ4n) is 3.38. The Morgan fingerprint density at radius 2 is 2.07 bits per heavy atom. The Morgan fingerprint density at radius 1 is 1.28 bits per heavy atom. The second-order valence-electron chi connectivity index (χ2n) is 6.78.